The molecule has 0 unspecified atom stereocenters. The molecule has 3 N–H and O–H groups in total. The molecule has 1 amide bonds. The number of piperazine rings is 1. The minimum absolute atomic E-state index is 0.0733. The fourth-order valence-electron chi connectivity index (χ4n) is 3.85. The molecule has 32 heavy (non-hydrogen) atoms. The second-order valence-corrected chi connectivity index (χ2v) is 8.98. The average Bonchev–Trinajstić information content (AvgIpc) is 3.25. The monoisotopic (exact) mass is 458 g/mol. The molecule has 10 nitrogen and oxygen atoms in total. The second kappa shape index (κ2) is 8.89. The topological polar surface area (TPSA) is 130 Å². The molecule has 3 heterocycles. The summed E-state index contributed by atoms with van der Waals surface area (Å²) in [6.45, 7) is 3.23. The third kappa shape index (κ3) is 3.99. The first-order chi connectivity index (χ1) is 15.5. The van der Waals surface area contributed by atoms with Gasteiger partial charge in [0.25, 0.3) is 22.4 Å². The summed E-state index contributed by atoms with van der Waals surface area (Å²) in [6, 6.07) is 12.1. The molecule has 0 saturated carbocycles. The summed E-state index contributed by atoms with van der Waals surface area (Å²) in [4.78, 5) is 22.3. The van der Waals surface area contributed by atoms with E-state index >= 15 is 0 Å². The van der Waals surface area contributed by atoms with Gasteiger partial charge in [-0.25, -0.2) is 12.4 Å². The number of hydrogen-bond donors (Lipinski definition) is 3. The Morgan fingerprint density at radius 2 is 1.84 bits per heavy atom. The van der Waals surface area contributed by atoms with Gasteiger partial charge >= 0.3 is 0 Å². The van der Waals surface area contributed by atoms with Gasteiger partial charge in [0.2, 0.25) is 0 Å². The number of rotatable bonds is 3. The first-order valence-corrected chi connectivity index (χ1v) is 11.4. The Bertz CT molecular complexity index is 1260. The van der Waals surface area contributed by atoms with Gasteiger partial charge in [-0.3, -0.25) is 9.59 Å². The van der Waals surface area contributed by atoms with E-state index in [0.29, 0.717) is 17.0 Å². The highest BCUT2D eigenvalue weighted by Gasteiger charge is 2.24. The molecule has 1 fully saturated rings. The number of aromatic nitrogens is 1. The second-order valence-electron chi connectivity index (χ2n) is 7.16. The SMILES string of the molecule is O=C1COc2ccc(S(=O)(=O)n3ccc4c(N5CCNCC5)cccc43)cc2N1.O=CO. The minimum Gasteiger partial charge on any atom is -0.483 e. The number of nitrogens with one attached hydrogen (secondary N) is 2. The Morgan fingerprint density at radius 3 is 2.59 bits per heavy atom. The van der Waals surface area contributed by atoms with Gasteiger partial charge in [0.05, 0.1) is 16.1 Å². The first-order valence-electron chi connectivity index (χ1n) is 9.91. The van der Waals surface area contributed by atoms with Crippen molar-refractivity contribution in [1.82, 2.24) is 9.29 Å². The van der Waals surface area contributed by atoms with Crippen molar-refractivity contribution in [3.63, 3.8) is 0 Å². The molecule has 0 bridgehead atoms. The summed E-state index contributed by atoms with van der Waals surface area (Å²) in [6.07, 6.45) is 1.58. The van der Waals surface area contributed by atoms with Crippen LogP contribution in [0.5, 0.6) is 5.75 Å². The van der Waals surface area contributed by atoms with E-state index in [1.54, 1.807) is 12.3 Å². The minimum atomic E-state index is -3.84. The highest BCUT2D eigenvalue weighted by Crippen LogP contribution is 2.33. The van der Waals surface area contributed by atoms with E-state index < -0.39 is 10.0 Å². The van der Waals surface area contributed by atoms with Crippen LogP contribution >= 0.6 is 0 Å². The quantitative estimate of drug-likeness (QED) is 0.501. The van der Waals surface area contributed by atoms with Gasteiger partial charge in [-0.1, -0.05) is 6.07 Å². The van der Waals surface area contributed by atoms with E-state index in [1.165, 1.54) is 16.1 Å². The molecule has 2 aliphatic heterocycles. The van der Waals surface area contributed by atoms with E-state index in [4.69, 9.17) is 14.6 Å². The van der Waals surface area contributed by atoms with Gasteiger partial charge in [0.15, 0.2) is 6.61 Å². The number of benzene rings is 2. The van der Waals surface area contributed by atoms with Crippen LogP contribution in [-0.4, -0.2) is 62.7 Å². The predicted molar refractivity (Wildman–Crippen MR) is 119 cm³/mol. The fraction of sp³-hybridized carbons (Fsp3) is 0.238. The lowest BCUT2D eigenvalue weighted by Crippen LogP contribution is -2.43. The third-order valence-electron chi connectivity index (χ3n) is 5.27. The molecule has 3 aromatic rings. The molecular formula is C21H22N4O6S. The highest BCUT2D eigenvalue weighted by molar-refractivity contribution is 7.90. The van der Waals surface area contributed by atoms with Crippen LogP contribution in [0.2, 0.25) is 0 Å². The fourth-order valence-corrected chi connectivity index (χ4v) is 5.23. The number of fused-ring (bicyclic) bond motifs is 2. The van der Waals surface area contributed by atoms with Crippen molar-refractivity contribution in [2.75, 3.05) is 43.0 Å². The zero-order chi connectivity index (χ0) is 22.7. The summed E-state index contributed by atoms with van der Waals surface area (Å²) in [5, 5.41) is 13.8. The van der Waals surface area contributed by atoms with Gasteiger partial charge in [0, 0.05) is 43.4 Å². The summed E-state index contributed by atoms with van der Waals surface area (Å²) in [5.41, 5.74) is 2.02. The molecule has 1 saturated heterocycles. The zero-order valence-corrected chi connectivity index (χ0v) is 17.8. The van der Waals surface area contributed by atoms with Crippen LogP contribution < -0.4 is 20.3 Å². The Kier molecular flexibility index (Phi) is 6.01. The Labute approximate surface area is 184 Å². The number of amides is 1. The number of carbonyl (C=O) groups excluding carboxylic acids is 1. The summed E-state index contributed by atoms with van der Waals surface area (Å²) in [7, 11) is -3.84. The molecular weight excluding hydrogens is 436 g/mol. The lowest BCUT2D eigenvalue weighted by atomic mass is 10.2. The summed E-state index contributed by atoms with van der Waals surface area (Å²) < 4.78 is 33.3. The van der Waals surface area contributed by atoms with Crippen LogP contribution in [0, 0.1) is 0 Å². The summed E-state index contributed by atoms with van der Waals surface area (Å²) in [5.74, 6) is 0.154. The van der Waals surface area contributed by atoms with E-state index in [-0.39, 0.29) is 23.9 Å². The maximum Gasteiger partial charge on any atom is 0.290 e. The van der Waals surface area contributed by atoms with Gasteiger partial charge < -0.3 is 25.4 Å². The van der Waals surface area contributed by atoms with Crippen LogP contribution in [0.4, 0.5) is 11.4 Å². The van der Waals surface area contributed by atoms with Crippen molar-refractivity contribution < 1.29 is 27.9 Å². The Hall–Kier alpha value is -3.57. The average molecular weight is 458 g/mol. The number of carbonyl (C=O) groups is 2. The van der Waals surface area contributed by atoms with Crippen LogP contribution in [0.15, 0.2) is 53.6 Å². The molecule has 1 aromatic heterocycles. The van der Waals surface area contributed by atoms with Crippen molar-refractivity contribution >= 4 is 44.7 Å². The number of hydrogen-bond acceptors (Lipinski definition) is 7. The first kappa shape index (κ1) is 21.7. The molecule has 168 valence electrons. The maximum atomic E-state index is 13.3. The van der Waals surface area contributed by atoms with Gasteiger partial charge in [-0.2, -0.15) is 0 Å². The molecule has 11 heteroatoms. The van der Waals surface area contributed by atoms with Crippen LogP contribution in [-0.2, 0) is 19.6 Å². The Morgan fingerprint density at radius 1 is 1.09 bits per heavy atom. The largest absolute Gasteiger partial charge is 0.483 e. The predicted octanol–water partition coefficient (Wildman–Crippen LogP) is 1.32. The van der Waals surface area contributed by atoms with E-state index in [2.05, 4.69) is 15.5 Å². The van der Waals surface area contributed by atoms with Crippen molar-refractivity contribution in [3.05, 3.63) is 48.7 Å². The van der Waals surface area contributed by atoms with Crippen LogP contribution in [0.1, 0.15) is 0 Å². The van der Waals surface area contributed by atoms with Crippen molar-refractivity contribution in [3.8, 4) is 5.75 Å². The van der Waals surface area contributed by atoms with E-state index in [9.17, 15) is 13.2 Å². The lowest BCUT2D eigenvalue weighted by Gasteiger charge is -2.30. The molecule has 5 rings (SSSR count). The maximum absolute atomic E-state index is 13.3. The summed E-state index contributed by atoms with van der Waals surface area (Å²) >= 11 is 0. The van der Waals surface area contributed by atoms with Crippen LogP contribution in [0.3, 0.4) is 0 Å². The normalized spacial score (nSPS) is 15.8. The molecule has 2 aromatic carbocycles. The number of nitrogens with zero attached hydrogens (tertiary/aromatic N) is 2. The molecule has 2 aliphatic rings. The molecule has 0 radical (unpaired) electrons. The third-order valence-corrected chi connectivity index (χ3v) is 6.96. The van der Waals surface area contributed by atoms with Gasteiger partial charge in [-0.05, 0) is 36.4 Å². The van der Waals surface area contributed by atoms with E-state index in [0.717, 1.165) is 37.3 Å². The smallest absolute Gasteiger partial charge is 0.290 e. The highest BCUT2D eigenvalue weighted by atomic mass is 32.2. The van der Waals surface area contributed by atoms with Crippen molar-refractivity contribution in [2.24, 2.45) is 0 Å². The molecule has 0 atom stereocenters. The molecule has 0 spiro atoms. The Balaban J connectivity index is 0.000000775. The van der Waals surface area contributed by atoms with Gasteiger partial charge in [0.1, 0.15) is 5.75 Å². The zero-order valence-electron chi connectivity index (χ0n) is 17.0. The number of ether oxygens (including phenoxy) is 1. The van der Waals surface area contributed by atoms with Gasteiger partial charge in [-0.15, -0.1) is 0 Å². The van der Waals surface area contributed by atoms with E-state index in [1.807, 2.05) is 24.3 Å². The van der Waals surface area contributed by atoms with Crippen molar-refractivity contribution in [2.45, 2.75) is 4.90 Å². The molecule has 0 aliphatic carbocycles. The van der Waals surface area contributed by atoms with Crippen molar-refractivity contribution in [1.29, 1.82) is 0 Å². The lowest BCUT2D eigenvalue weighted by molar-refractivity contribution is -0.123. The number of anilines is 2. The number of carboxylic acid groups (broad SMARTS) is 1. The van der Waals surface area contributed by atoms with Crippen LogP contribution in [0.25, 0.3) is 10.9 Å². The standard InChI is InChI=1S/C20H20N4O4S.CH2O2/c25-20-13-28-19-5-4-14(12-16(19)22-20)29(26,27)24-9-6-15-17(2-1-3-18(15)24)23-10-7-21-8-11-23;2-1-3/h1-6,9,12,21H,7-8,10-11,13H2,(H,22,25);1H,(H,2,3).